The fraction of sp³-hybridized carbons (Fsp3) is 0.600. The van der Waals surface area contributed by atoms with Crippen LogP contribution in [0.5, 0.6) is 5.75 Å². The molecule has 3 atom stereocenters. The highest BCUT2D eigenvalue weighted by Crippen LogP contribution is 2.56. The predicted molar refractivity (Wildman–Crippen MR) is 105 cm³/mol. The van der Waals surface area contributed by atoms with Gasteiger partial charge < -0.3 is 14.2 Å². The molecule has 26 heavy (non-hydrogen) atoms. The summed E-state index contributed by atoms with van der Waals surface area (Å²) >= 11 is 2.21. The Morgan fingerprint density at radius 2 is 1.96 bits per heavy atom. The maximum Gasteiger partial charge on any atom is 0.337 e. The highest BCUT2D eigenvalue weighted by Gasteiger charge is 2.61. The van der Waals surface area contributed by atoms with E-state index in [0.29, 0.717) is 17.9 Å². The first-order valence-corrected chi connectivity index (χ1v) is 9.97. The van der Waals surface area contributed by atoms with Gasteiger partial charge in [-0.05, 0) is 53.5 Å². The average molecular weight is 472 g/mol. The molecule has 0 amide bonds. The van der Waals surface area contributed by atoms with E-state index in [2.05, 4.69) is 43.4 Å². The molecule has 0 unspecified atom stereocenters. The molecule has 2 aliphatic rings. The van der Waals surface area contributed by atoms with E-state index in [1.54, 1.807) is 6.07 Å². The van der Waals surface area contributed by atoms with Crippen LogP contribution in [0.4, 0.5) is 0 Å². The molecule has 5 nitrogen and oxygen atoms in total. The van der Waals surface area contributed by atoms with Crippen molar-refractivity contribution in [2.45, 2.75) is 58.7 Å². The lowest BCUT2D eigenvalue weighted by Crippen LogP contribution is -2.62. The topological polar surface area (TPSA) is 61.8 Å². The van der Waals surface area contributed by atoms with E-state index in [9.17, 15) is 9.59 Å². The van der Waals surface area contributed by atoms with Gasteiger partial charge in [0.25, 0.3) is 0 Å². The molecule has 1 aliphatic heterocycles. The third-order valence-corrected chi connectivity index (χ3v) is 6.94. The maximum absolute atomic E-state index is 12.0. The van der Waals surface area contributed by atoms with Crippen LogP contribution in [0.15, 0.2) is 12.1 Å². The monoisotopic (exact) mass is 472 g/mol. The summed E-state index contributed by atoms with van der Waals surface area (Å²) < 4.78 is 18.0. The van der Waals surface area contributed by atoms with Gasteiger partial charge in [0.1, 0.15) is 17.5 Å². The van der Waals surface area contributed by atoms with Crippen molar-refractivity contribution < 1.29 is 23.8 Å². The summed E-state index contributed by atoms with van der Waals surface area (Å²) in [6.45, 7) is 7.90. The second-order valence-electron chi connectivity index (χ2n) is 7.90. The van der Waals surface area contributed by atoms with E-state index < -0.39 is 5.60 Å². The Morgan fingerprint density at radius 3 is 2.58 bits per heavy atom. The zero-order valence-electron chi connectivity index (χ0n) is 15.8. The predicted octanol–water partition coefficient (Wildman–Crippen LogP) is 4.14. The molecule has 1 spiro atoms. The van der Waals surface area contributed by atoms with Gasteiger partial charge in [0, 0.05) is 24.3 Å². The highest BCUT2D eigenvalue weighted by molar-refractivity contribution is 14.1. The van der Waals surface area contributed by atoms with Crippen LogP contribution in [0.1, 0.15) is 56.5 Å². The fourth-order valence-electron chi connectivity index (χ4n) is 4.58. The number of halogens is 1. The smallest absolute Gasteiger partial charge is 0.337 e. The SMILES string of the molecule is COC(=O)c1cc(I)c2c(c1)C[C@]1(O2)[C@H](C)CC[C@H](OC(C)=O)C1(C)C. The van der Waals surface area contributed by atoms with Crippen LogP contribution in [0, 0.1) is 14.9 Å². The molecular formula is C20H25IO5. The van der Waals surface area contributed by atoms with Crippen LogP contribution >= 0.6 is 22.6 Å². The van der Waals surface area contributed by atoms with Crippen LogP contribution in [-0.2, 0) is 20.7 Å². The molecule has 1 aromatic rings. The minimum atomic E-state index is -0.470. The number of fused-ring (bicyclic) bond motifs is 1. The maximum atomic E-state index is 12.0. The number of methoxy groups -OCH3 is 1. The molecule has 0 N–H and O–H groups in total. The molecule has 1 heterocycles. The van der Waals surface area contributed by atoms with E-state index in [-0.39, 0.29) is 23.5 Å². The second-order valence-corrected chi connectivity index (χ2v) is 9.07. The standard InChI is InChI=1S/C20H25IO5/c1-11-6-7-16(25-12(2)22)19(3,4)20(11)10-14-8-13(18(23)24-5)9-15(21)17(14)26-20/h8-9,11,16H,6-7,10H2,1-5H3/t11-,16+,20+/m1/s1. The minimum Gasteiger partial charge on any atom is -0.485 e. The second kappa shape index (κ2) is 6.69. The molecule has 6 heteroatoms. The Balaban J connectivity index is 2.03. The summed E-state index contributed by atoms with van der Waals surface area (Å²) in [7, 11) is 1.39. The molecule has 1 aliphatic carbocycles. The first kappa shape index (κ1) is 19.5. The molecule has 0 aromatic heterocycles. The van der Waals surface area contributed by atoms with Crippen molar-refractivity contribution >= 4 is 34.5 Å². The third-order valence-electron chi connectivity index (χ3n) is 6.14. The summed E-state index contributed by atoms with van der Waals surface area (Å²) in [5.74, 6) is 0.530. The Bertz CT molecular complexity index is 757. The lowest BCUT2D eigenvalue weighted by molar-refractivity contribution is -0.186. The molecule has 1 fully saturated rings. The van der Waals surface area contributed by atoms with Gasteiger partial charge in [0.05, 0.1) is 16.2 Å². The normalized spacial score (nSPS) is 29.0. The highest BCUT2D eigenvalue weighted by atomic mass is 127. The van der Waals surface area contributed by atoms with Gasteiger partial charge in [-0.25, -0.2) is 4.79 Å². The van der Waals surface area contributed by atoms with Crippen molar-refractivity contribution in [3.63, 3.8) is 0 Å². The number of carbonyl (C=O) groups excluding carboxylic acids is 2. The summed E-state index contributed by atoms with van der Waals surface area (Å²) in [4.78, 5) is 23.6. The fourth-order valence-corrected chi connectivity index (χ4v) is 5.37. The summed E-state index contributed by atoms with van der Waals surface area (Å²) in [6.07, 6.45) is 2.26. The van der Waals surface area contributed by atoms with Gasteiger partial charge in [-0.15, -0.1) is 0 Å². The minimum absolute atomic E-state index is 0.191. The lowest BCUT2D eigenvalue weighted by Gasteiger charge is -2.54. The molecule has 0 radical (unpaired) electrons. The van der Waals surface area contributed by atoms with Crippen molar-refractivity contribution in [1.29, 1.82) is 0 Å². The first-order valence-electron chi connectivity index (χ1n) is 8.89. The van der Waals surface area contributed by atoms with Crippen LogP contribution in [0.2, 0.25) is 0 Å². The van der Waals surface area contributed by atoms with Crippen molar-refractivity contribution in [2.75, 3.05) is 7.11 Å². The molecule has 142 valence electrons. The number of esters is 2. The van der Waals surface area contributed by atoms with E-state index >= 15 is 0 Å². The summed E-state index contributed by atoms with van der Waals surface area (Å²) in [5.41, 5.74) is 0.724. The Hall–Kier alpha value is -1.31. The zero-order valence-corrected chi connectivity index (χ0v) is 18.0. The average Bonchev–Trinajstić information content (AvgIpc) is 2.97. The number of benzene rings is 1. The van der Waals surface area contributed by atoms with Gasteiger partial charge in [0.2, 0.25) is 0 Å². The van der Waals surface area contributed by atoms with E-state index in [0.717, 1.165) is 27.7 Å². The number of hydrogen-bond acceptors (Lipinski definition) is 5. The van der Waals surface area contributed by atoms with Gasteiger partial charge >= 0.3 is 11.9 Å². The molecule has 1 aromatic carbocycles. The van der Waals surface area contributed by atoms with Gasteiger partial charge in [-0.2, -0.15) is 0 Å². The Morgan fingerprint density at radius 1 is 1.27 bits per heavy atom. The van der Waals surface area contributed by atoms with Crippen molar-refractivity contribution in [3.8, 4) is 5.75 Å². The molecule has 0 saturated heterocycles. The van der Waals surface area contributed by atoms with Gasteiger partial charge in [-0.1, -0.05) is 20.8 Å². The van der Waals surface area contributed by atoms with Crippen LogP contribution in [0.3, 0.4) is 0 Å². The van der Waals surface area contributed by atoms with Gasteiger partial charge in [-0.3, -0.25) is 4.79 Å². The zero-order chi connectivity index (χ0) is 19.3. The Kier molecular flexibility index (Phi) is 5.01. The largest absolute Gasteiger partial charge is 0.485 e. The quantitative estimate of drug-likeness (QED) is 0.479. The molecule has 1 saturated carbocycles. The molecule has 3 rings (SSSR count). The van der Waals surface area contributed by atoms with Crippen molar-refractivity contribution in [3.05, 3.63) is 26.8 Å². The Labute approximate surface area is 167 Å². The van der Waals surface area contributed by atoms with E-state index in [1.165, 1.54) is 14.0 Å². The van der Waals surface area contributed by atoms with Crippen molar-refractivity contribution in [1.82, 2.24) is 0 Å². The van der Waals surface area contributed by atoms with E-state index in [1.807, 2.05) is 6.07 Å². The summed E-state index contributed by atoms with van der Waals surface area (Å²) in [6, 6.07) is 3.67. The van der Waals surface area contributed by atoms with E-state index in [4.69, 9.17) is 14.2 Å². The van der Waals surface area contributed by atoms with Crippen LogP contribution in [0.25, 0.3) is 0 Å². The number of ether oxygens (including phenoxy) is 3. The summed E-state index contributed by atoms with van der Waals surface area (Å²) in [5, 5.41) is 0. The number of hydrogen-bond donors (Lipinski definition) is 0. The first-order chi connectivity index (χ1) is 12.1. The lowest BCUT2D eigenvalue weighted by atomic mass is 9.58. The van der Waals surface area contributed by atoms with Crippen LogP contribution in [-0.4, -0.2) is 30.8 Å². The molecule has 0 bridgehead atoms. The molecular weight excluding hydrogens is 447 g/mol. The van der Waals surface area contributed by atoms with Gasteiger partial charge in [0.15, 0.2) is 0 Å². The van der Waals surface area contributed by atoms with Crippen LogP contribution < -0.4 is 4.74 Å². The number of rotatable bonds is 2. The third kappa shape index (κ3) is 2.90. The van der Waals surface area contributed by atoms with Crippen molar-refractivity contribution in [2.24, 2.45) is 11.3 Å². The number of carbonyl (C=O) groups is 2.